The molecule has 1 aliphatic heterocycles. The summed E-state index contributed by atoms with van der Waals surface area (Å²) in [6.45, 7) is 5.20. The maximum atomic E-state index is 11.6. The van der Waals surface area contributed by atoms with Crippen LogP contribution in [0.4, 0.5) is 4.79 Å². The minimum Gasteiger partial charge on any atom is -0.479 e. The summed E-state index contributed by atoms with van der Waals surface area (Å²) in [6.07, 6.45) is -0.925. The Morgan fingerprint density at radius 1 is 1.40 bits per heavy atom. The van der Waals surface area contributed by atoms with E-state index in [9.17, 15) is 14.4 Å². The number of carboxylic acids is 1. The van der Waals surface area contributed by atoms with Crippen molar-refractivity contribution >= 4 is 17.9 Å². The fraction of sp³-hybridized carbons (Fsp3) is 0.750. The maximum absolute atomic E-state index is 11.6. The van der Waals surface area contributed by atoms with Crippen LogP contribution in [0.15, 0.2) is 0 Å². The molecule has 1 fully saturated rings. The molecular formula is C12H21N3O5. The zero-order valence-electron chi connectivity index (χ0n) is 11.7. The highest BCUT2D eigenvalue weighted by Gasteiger charge is 2.27. The molecule has 3 amide bonds. The standard InChI is InChI=1S/C12H21N3O5/c1-8(2)5-13-12(19)14-10(16)7-15-3-4-20-9(6-15)11(17)18/h8-9H,3-7H2,1-2H3,(H,17,18)(H2,13,14,16,19). The van der Waals surface area contributed by atoms with Gasteiger partial charge in [0, 0.05) is 19.6 Å². The summed E-state index contributed by atoms with van der Waals surface area (Å²) in [7, 11) is 0. The van der Waals surface area contributed by atoms with E-state index in [1.807, 2.05) is 13.8 Å². The largest absolute Gasteiger partial charge is 0.479 e. The number of amides is 3. The maximum Gasteiger partial charge on any atom is 0.334 e. The van der Waals surface area contributed by atoms with E-state index in [-0.39, 0.29) is 19.7 Å². The van der Waals surface area contributed by atoms with Crippen LogP contribution in [0.1, 0.15) is 13.8 Å². The number of carbonyl (C=O) groups is 3. The molecule has 1 aliphatic rings. The second-order valence-corrected chi connectivity index (χ2v) is 5.08. The number of rotatable bonds is 5. The lowest BCUT2D eigenvalue weighted by Crippen LogP contribution is -2.51. The SMILES string of the molecule is CC(C)CNC(=O)NC(=O)CN1CCOC(C(=O)O)C1. The average molecular weight is 287 g/mol. The number of hydrogen-bond acceptors (Lipinski definition) is 5. The predicted molar refractivity (Wildman–Crippen MR) is 70.2 cm³/mol. The molecule has 0 aliphatic carbocycles. The first kappa shape index (κ1) is 16.4. The van der Waals surface area contributed by atoms with Gasteiger partial charge in [0.05, 0.1) is 13.2 Å². The number of hydrogen-bond donors (Lipinski definition) is 3. The summed E-state index contributed by atoms with van der Waals surface area (Å²) >= 11 is 0. The second-order valence-electron chi connectivity index (χ2n) is 5.08. The third-order valence-corrected chi connectivity index (χ3v) is 2.72. The molecule has 8 nitrogen and oxygen atoms in total. The van der Waals surface area contributed by atoms with Crippen LogP contribution >= 0.6 is 0 Å². The van der Waals surface area contributed by atoms with Crippen molar-refractivity contribution in [1.82, 2.24) is 15.5 Å². The van der Waals surface area contributed by atoms with Crippen LogP contribution in [0, 0.1) is 5.92 Å². The zero-order chi connectivity index (χ0) is 15.1. The Morgan fingerprint density at radius 2 is 2.10 bits per heavy atom. The molecule has 8 heteroatoms. The van der Waals surface area contributed by atoms with Crippen molar-refractivity contribution in [3.8, 4) is 0 Å². The molecule has 1 unspecified atom stereocenters. The topological polar surface area (TPSA) is 108 Å². The van der Waals surface area contributed by atoms with Gasteiger partial charge < -0.3 is 15.2 Å². The number of ether oxygens (including phenoxy) is 1. The van der Waals surface area contributed by atoms with Gasteiger partial charge in [-0.05, 0) is 5.92 Å². The van der Waals surface area contributed by atoms with Crippen molar-refractivity contribution in [1.29, 1.82) is 0 Å². The van der Waals surface area contributed by atoms with Gasteiger partial charge in [0.2, 0.25) is 5.91 Å². The van der Waals surface area contributed by atoms with Crippen molar-refractivity contribution < 1.29 is 24.2 Å². The third kappa shape index (κ3) is 5.98. The van der Waals surface area contributed by atoms with Crippen LogP contribution < -0.4 is 10.6 Å². The molecule has 1 atom stereocenters. The number of nitrogens with one attached hydrogen (secondary N) is 2. The van der Waals surface area contributed by atoms with Gasteiger partial charge in [-0.3, -0.25) is 15.0 Å². The molecule has 1 saturated heterocycles. The van der Waals surface area contributed by atoms with Gasteiger partial charge in [0.15, 0.2) is 6.10 Å². The molecule has 0 saturated carbocycles. The zero-order valence-corrected chi connectivity index (χ0v) is 11.7. The Balaban J connectivity index is 2.31. The number of aliphatic carboxylic acids is 1. The number of imide groups is 1. The van der Waals surface area contributed by atoms with Gasteiger partial charge in [-0.1, -0.05) is 13.8 Å². The fourth-order valence-electron chi connectivity index (χ4n) is 1.71. The molecule has 114 valence electrons. The number of carboxylic acid groups (broad SMARTS) is 1. The van der Waals surface area contributed by atoms with Crippen molar-refractivity contribution in [2.24, 2.45) is 5.92 Å². The van der Waals surface area contributed by atoms with E-state index in [1.165, 1.54) is 0 Å². The second kappa shape index (κ2) is 7.81. The monoisotopic (exact) mass is 287 g/mol. The van der Waals surface area contributed by atoms with Crippen LogP contribution in [-0.2, 0) is 14.3 Å². The van der Waals surface area contributed by atoms with Crippen LogP contribution in [0.5, 0.6) is 0 Å². The van der Waals surface area contributed by atoms with Gasteiger partial charge in [0.1, 0.15) is 0 Å². The lowest BCUT2D eigenvalue weighted by Gasteiger charge is -2.30. The van der Waals surface area contributed by atoms with E-state index in [0.29, 0.717) is 19.0 Å². The molecule has 20 heavy (non-hydrogen) atoms. The minimum absolute atomic E-state index is 0.0256. The van der Waals surface area contributed by atoms with Gasteiger partial charge in [-0.25, -0.2) is 9.59 Å². The van der Waals surface area contributed by atoms with E-state index in [2.05, 4.69) is 10.6 Å². The lowest BCUT2D eigenvalue weighted by atomic mass is 10.2. The molecule has 0 bridgehead atoms. The van der Waals surface area contributed by atoms with Crippen molar-refractivity contribution in [2.45, 2.75) is 20.0 Å². The highest BCUT2D eigenvalue weighted by molar-refractivity contribution is 5.95. The first-order valence-electron chi connectivity index (χ1n) is 6.53. The van der Waals surface area contributed by atoms with E-state index in [1.54, 1.807) is 4.90 Å². The summed E-state index contributed by atoms with van der Waals surface area (Å²) < 4.78 is 5.04. The van der Waals surface area contributed by atoms with E-state index in [4.69, 9.17) is 9.84 Å². The smallest absolute Gasteiger partial charge is 0.334 e. The molecule has 0 spiro atoms. The summed E-state index contributed by atoms with van der Waals surface area (Å²) in [6, 6.07) is -0.535. The summed E-state index contributed by atoms with van der Waals surface area (Å²) in [5, 5.41) is 13.6. The first-order valence-corrected chi connectivity index (χ1v) is 6.53. The molecule has 1 rings (SSSR count). The van der Waals surface area contributed by atoms with Crippen LogP contribution in [0.25, 0.3) is 0 Å². The Hall–Kier alpha value is -1.67. The predicted octanol–water partition coefficient (Wildman–Crippen LogP) is -0.746. The van der Waals surface area contributed by atoms with Crippen molar-refractivity contribution in [2.75, 3.05) is 32.8 Å². The summed E-state index contributed by atoms with van der Waals surface area (Å²) in [4.78, 5) is 35.5. The van der Waals surface area contributed by atoms with Gasteiger partial charge in [-0.15, -0.1) is 0 Å². The average Bonchev–Trinajstić information content (AvgIpc) is 2.36. The Labute approximate surface area is 117 Å². The Morgan fingerprint density at radius 3 is 2.70 bits per heavy atom. The van der Waals surface area contributed by atoms with Crippen LogP contribution in [-0.4, -0.2) is 66.8 Å². The van der Waals surface area contributed by atoms with Gasteiger partial charge in [0.25, 0.3) is 0 Å². The van der Waals surface area contributed by atoms with E-state index >= 15 is 0 Å². The fourth-order valence-corrected chi connectivity index (χ4v) is 1.71. The van der Waals surface area contributed by atoms with Crippen molar-refractivity contribution in [3.05, 3.63) is 0 Å². The molecule has 3 N–H and O–H groups in total. The Kier molecular flexibility index (Phi) is 6.40. The molecule has 0 aromatic rings. The lowest BCUT2D eigenvalue weighted by molar-refractivity contribution is -0.156. The highest BCUT2D eigenvalue weighted by atomic mass is 16.5. The van der Waals surface area contributed by atoms with Gasteiger partial charge in [-0.2, -0.15) is 0 Å². The molecule has 0 aromatic carbocycles. The number of morpholine rings is 1. The van der Waals surface area contributed by atoms with E-state index < -0.39 is 24.0 Å². The number of nitrogens with zero attached hydrogens (tertiary/aromatic N) is 1. The van der Waals surface area contributed by atoms with E-state index in [0.717, 1.165) is 0 Å². The van der Waals surface area contributed by atoms with Gasteiger partial charge >= 0.3 is 12.0 Å². The molecule has 1 heterocycles. The normalized spacial score (nSPS) is 19.6. The quantitative estimate of drug-likeness (QED) is 0.614. The molecular weight excluding hydrogens is 266 g/mol. The van der Waals surface area contributed by atoms with Crippen molar-refractivity contribution in [3.63, 3.8) is 0 Å². The molecule has 0 aromatic heterocycles. The first-order chi connectivity index (χ1) is 9.38. The Bertz CT molecular complexity index is 372. The molecule has 0 radical (unpaired) electrons. The number of carbonyl (C=O) groups excluding carboxylic acids is 2. The van der Waals surface area contributed by atoms with Crippen LogP contribution in [0.2, 0.25) is 0 Å². The summed E-state index contributed by atoms with van der Waals surface area (Å²) in [5.41, 5.74) is 0. The third-order valence-electron chi connectivity index (χ3n) is 2.72. The summed E-state index contributed by atoms with van der Waals surface area (Å²) in [5.74, 6) is -1.21. The minimum atomic E-state index is -1.05. The highest BCUT2D eigenvalue weighted by Crippen LogP contribution is 2.04. The number of urea groups is 1. The van der Waals surface area contributed by atoms with Crippen LogP contribution in [0.3, 0.4) is 0 Å².